The molecular formula is C16H24N2O2. The lowest BCUT2D eigenvalue weighted by Crippen LogP contribution is -2.52. The van der Waals surface area contributed by atoms with Crippen molar-refractivity contribution in [3.63, 3.8) is 0 Å². The van der Waals surface area contributed by atoms with Gasteiger partial charge >= 0.3 is 0 Å². The summed E-state index contributed by atoms with van der Waals surface area (Å²) < 4.78 is 5.74. The summed E-state index contributed by atoms with van der Waals surface area (Å²) in [4.78, 5) is 14.1. The van der Waals surface area contributed by atoms with E-state index in [4.69, 9.17) is 4.74 Å². The molecule has 1 N–H and O–H groups in total. The fourth-order valence-corrected chi connectivity index (χ4v) is 2.61. The van der Waals surface area contributed by atoms with Gasteiger partial charge in [-0.25, -0.2) is 0 Å². The van der Waals surface area contributed by atoms with E-state index in [1.165, 1.54) is 0 Å². The van der Waals surface area contributed by atoms with E-state index in [9.17, 15) is 4.79 Å². The monoisotopic (exact) mass is 276 g/mol. The molecule has 0 spiro atoms. The van der Waals surface area contributed by atoms with Gasteiger partial charge < -0.3 is 15.0 Å². The number of ether oxygens (including phenoxy) is 1. The molecule has 0 saturated carbocycles. The summed E-state index contributed by atoms with van der Waals surface area (Å²) in [5, 5.41) is 3.30. The number of aryl methyl sites for hydroxylation is 1. The second kappa shape index (κ2) is 6.27. The molecule has 1 aliphatic rings. The van der Waals surface area contributed by atoms with Crippen molar-refractivity contribution in [2.45, 2.75) is 32.2 Å². The van der Waals surface area contributed by atoms with E-state index >= 15 is 0 Å². The molecule has 1 aromatic carbocycles. The maximum absolute atomic E-state index is 12.4. The largest absolute Gasteiger partial charge is 0.491 e. The Morgan fingerprint density at radius 1 is 1.45 bits per heavy atom. The molecule has 1 fully saturated rings. The quantitative estimate of drug-likeness (QED) is 0.894. The van der Waals surface area contributed by atoms with Gasteiger partial charge in [0.25, 0.3) is 0 Å². The molecule has 1 heterocycles. The predicted molar refractivity (Wildman–Crippen MR) is 80.0 cm³/mol. The molecule has 1 atom stereocenters. The van der Waals surface area contributed by atoms with E-state index in [1.807, 2.05) is 45.2 Å². The first-order chi connectivity index (χ1) is 9.53. The van der Waals surface area contributed by atoms with Crippen LogP contribution in [0.1, 0.15) is 25.3 Å². The molecule has 110 valence electrons. The first-order valence-electron chi connectivity index (χ1n) is 7.22. The van der Waals surface area contributed by atoms with E-state index in [2.05, 4.69) is 5.32 Å². The third kappa shape index (κ3) is 3.31. The Balaban J connectivity index is 1.82. The maximum atomic E-state index is 12.4. The van der Waals surface area contributed by atoms with Crippen LogP contribution >= 0.6 is 0 Å². The van der Waals surface area contributed by atoms with Crippen LogP contribution in [0.2, 0.25) is 0 Å². The van der Waals surface area contributed by atoms with Crippen LogP contribution in [0.5, 0.6) is 5.75 Å². The van der Waals surface area contributed by atoms with Crippen LogP contribution in [0, 0.1) is 6.92 Å². The van der Waals surface area contributed by atoms with Crippen molar-refractivity contribution in [3.05, 3.63) is 29.8 Å². The minimum Gasteiger partial charge on any atom is -0.491 e. The van der Waals surface area contributed by atoms with Crippen molar-refractivity contribution in [1.82, 2.24) is 10.2 Å². The van der Waals surface area contributed by atoms with Crippen LogP contribution in [-0.4, -0.2) is 43.1 Å². The molecule has 4 heteroatoms. The molecule has 1 aromatic rings. The summed E-state index contributed by atoms with van der Waals surface area (Å²) in [5.41, 5.74) is 0.725. The number of benzene rings is 1. The number of amides is 1. The van der Waals surface area contributed by atoms with E-state index in [0.29, 0.717) is 13.2 Å². The smallest absolute Gasteiger partial charge is 0.242 e. The number of nitrogens with one attached hydrogen (secondary N) is 1. The highest BCUT2D eigenvalue weighted by atomic mass is 16.5. The van der Waals surface area contributed by atoms with Crippen molar-refractivity contribution in [2.24, 2.45) is 0 Å². The Kier molecular flexibility index (Phi) is 4.65. The predicted octanol–water partition coefficient (Wildman–Crippen LogP) is 1.97. The van der Waals surface area contributed by atoms with E-state index in [-0.39, 0.29) is 5.91 Å². The minimum atomic E-state index is -0.391. The number of hydrogen-bond acceptors (Lipinski definition) is 3. The molecule has 1 amide bonds. The number of likely N-dealkylation sites (N-methyl/N-ethyl adjacent to an activating group) is 1. The van der Waals surface area contributed by atoms with E-state index < -0.39 is 5.54 Å². The van der Waals surface area contributed by atoms with Gasteiger partial charge in [-0.1, -0.05) is 18.2 Å². The number of nitrogens with zero attached hydrogens (tertiary/aromatic N) is 1. The zero-order valence-electron chi connectivity index (χ0n) is 12.6. The molecule has 0 aromatic heterocycles. The van der Waals surface area contributed by atoms with Crippen molar-refractivity contribution in [2.75, 3.05) is 26.7 Å². The third-order valence-electron chi connectivity index (χ3n) is 3.97. The third-order valence-corrected chi connectivity index (χ3v) is 3.97. The summed E-state index contributed by atoms with van der Waals surface area (Å²) in [7, 11) is 1.84. The Morgan fingerprint density at radius 2 is 2.20 bits per heavy atom. The highest BCUT2D eigenvalue weighted by molar-refractivity contribution is 5.86. The minimum absolute atomic E-state index is 0.156. The fourth-order valence-electron chi connectivity index (χ4n) is 2.61. The average Bonchev–Trinajstić information content (AvgIpc) is 2.88. The molecule has 4 nitrogen and oxygen atoms in total. The van der Waals surface area contributed by atoms with Crippen molar-refractivity contribution in [3.8, 4) is 5.75 Å². The van der Waals surface area contributed by atoms with Gasteiger partial charge in [-0.2, -0.15) is 0 Å². The highest BCUT2D eigenvalue weighted by Crippen LogP contribution is 2.21. The van der Waals surface area contributed by atoms with Crippen LogP contribution in [0.4, 0.5) is 0 Å². The maximum Gasteiger partial charge on any atom is 0.242 e. The Bertz CT molecular complexity index is 467. The van der Waals surface area contributed by atoms with Crippen molar-refractivity contribution in [1.29, 1.82) is 0 Å². The van der Waals surface area contributed by atoms with Gasteiger partial charge in [0.2, 0.25) is 5.91 Å². The Morgan fingerprint density at radius 3 is 2.85 bits per heavy atom. The fraction of sp³-hybridized carbons (Fsp3) is 0.562. The molecule has 2 rings (SSSR count). The highest BCUT2D eigenvalue weighted by Gasteiger charge is 2.37. The Hall–Kier alpha value is -1.55. The lowest BCUT2D eigenvalue weighted by atomic mass is 9.99. The second-order valence-corrected chi connectivity index (χ2v) is 5.70. The summed E-state index contributed by atoms with van der Waals surface area (Å²) in [6.07, 6.45) is 1.98. The van der Waals surface area contributed by atoms with Crippen LogP contribution in [-0.2, 0) is 4.79 Å². The number of para-hydroxylation sites is 1. The summed E-state index contributed by atoms with van der Waals surface area (Å²) >= 11 is 0. The zero-order valence-corrected chi connectivity index (χ0v) is 12.6. The topological polar surface area (TPSA) is 41.6 Å². The average molecular weight is 276 g/mol. The van der Waals surface area contributed by atoms with E-state index in [1.54, 1.807) is 4.90 Å². The van der Waals surface area contributed by atoms with Crippen LogP contribution in [0.15, 0.2) is 24.3 Å². The van der Waals surface area contributed by atoms with Crippen molar-refractivity contribution >= 4 is 5.91 Å². The van der Waals surface area contributed by atoms with Gasteiger partial charge in [0.05, 0.1) is 12.1 Å². The molecular weight excluding hydrogens is 252 g/mol. The lowest BCUT2D eigenvalue weighted by Gasteiger charge is -2.29. The standard InChI is InChI=1S/C16H24N2O2/c1-13-7-4-5-8-14(13)20-12-11-18(3)15(19)16(2)9-6-10-17-16/h4-5,7-8,17H,6,9-12H2,1-3H3. The Labute approximate surface area is 121 Å². The first-order valence-corrected chi connectivity index (χ1v) is 7.22. The molecule has 1 saturated heterocycles. The summed E-state index contributed by atoms with van der Waals surface area (Å²) in [6, 6.07) is 7.93. The molecule has 0 aliphatic carbocycles. The van der Waals surface area contributed by atoms with Gasteiger partial charge in [-0.3, -0.25) is 4.79 Å². The van der Waals surface area contributed by atoms with E-state index in [0.717, 1.165) is 30.7 Å². The van der Waals surface area contributed by atoms with Gasteiger partial charge in [0, 0.05) is 7.05 Å². The molecule has 0 bridgehead atoms. The normalized spacial score (nSPS) is 21.8. The second-order valence-electron chi connectivity index (χ2n) is 5.70. The number of carbonyl (C=O) groups is 1. The lowest BCUT2D eigenvalue weighted by molar-refractivity contribution is -0.136. The zero-order chi connectivity index (χ0) is 14.6. The number of hydrogen-bond donors (Lipinski definition) is 1. The molecule has 1 aliphatic heterocycles. The van der Waals surface area contributed by atoms with Crippen LogP contribution < -0.4 is 10.1 Å². The molecule has 20 heavy (non-hydrogen) atoms. The van der Waals surface area contributed by atoms with Crippen molar-refractivity contribution < 1.29 is 9.53 Å². The summed E-state index contributed by atoms with van der Waals surface area (Å²) in [6.45, 7) is 6.05. The van der Waals surface area contributed by atoms with Crippen LogP contribution in [0.3, 0.4) is 0 Å². The van der Waals surface area contributed by atoms with Gasteiger partial charge in [-0.05, 0) is 44.9 Å². The van der Waals surface area contributed by atoms with Gasteiger partial charge in [0.1, 0.15) is 12.4 Å². The van der Waals surface area contributed by atoms with Gasteiger partial charge in [-0.15, -0.1) is 0 Å². The van der Waals surface area contributed by atoms with Crippen LogP contribution in [0.25, 0.3) is 0 Å². The van der Waals surface area contributed by atoms with Gasteiger partial charge in [0.15, 0.2) is 0 Å². The number of carbonyl (C=O) groups excluding carboxylic acids is 1. The SMILES string of the molecule is Cc1ccccc1OCCN(C)C(=O)C1(C)CCCN1. The molecule has 1 unspecified atom stereocenters. The molecule has 0 radical (unpaired) electrons. The summed E-state index contributed by atoms with van der Waals surface area (Å²) in [5.74, 6) is 1.04. The first kappa shape index (κ1) is 14.9. The number of rotatable bonds is 5.